The summed E-state index contributed by atoms with van der Waals surface area (Å²) >= 11 is 0.482. The first-order chi connectivity index (χ1) is 18.3. The van der Waals surface area contributed by atoms with E-state index in [1.165, 1.54) is 11.1 Å². The van der Waals surface area contributed by atoms with E-state index in [9.17, 15) is 22.8 Å². The van der Waals surface area contributed by atoms with Gasteiger partial charge in [-0.3, -0.25) is 9.69 Å². The summed E-state index contributed by atoms with van der Waals surface area (Å²) in [5, 5.41) is -1.05. The molecule has 12 heteroatoms. The lowest BCUT2D eigenvalue weighted by molar-refractivity contribution is -0.140. The van der Waals surface area contributed by atoms with Gasteiger partial charge in [-0.15, -0.1) is 11.3 Å². The van der Waals surface area contributed by atoms with Gasteiger partial charge in [0.2, 0.25) is 0 Å². The van der Waals surface area contributed by atoms with Crippen LogP contribution in [0.1, 0.15) is 53.6 Å². The number of carbonyl (C=O) groups is 2. The number of morpholine rings is 1. The van der Waals surface area contributed by atoms with Crippen molar-refractivity contribution in [3.05, 3.63) is 51.6 Å². The standard InChI is InChI=1S/C27H32F3N3O5S/c1-17(2)38-24(35)20-15-33(16-26(3,4)22-21(20)31-25(39-22)27(28,29)30)23(34)18-5-7-19(8-6-18)37-14-11-32-9-12-36-13-10-32/h5-8,15,17H,9-14,16H2,1-4H3. The quantitative estimate of drug-likeness (QED) is 0.453. The van der Waals surface area contributed by atoms with Crippen LogP contribution in [0.2, 0.25) is 0 Å². The van der Waals surface area contributed by atoms with Gasteiger partial charge in [0.1, 0.15) is 17.9 Å². The minimum Gasteiger partial charge on any atom is -0.492 e. The van der Waals surface area contributed by atoms with Gasteiger partial charge in [-0.05, 0) is 38.1 Å². The van der Waals surface area contributed by atoms with Crippen LogP contribution >= 0.6 is 11.3 Å². The van der Waals surface area contributed by atoms with Crippen molar-refractivity contribution in [1.29, 1.82) is 0 Å². The zero-order valence-corrected chi connectivity index (χ0v) is 23.2. The predicted octanol–water partition coefficient (Wildman–Crippen LogP) is 4.60. The number of thiazole rings is 1. The number of amides is 1. The molecule has 0 bridgehead atoms. The molecule has 8 nitrogen and oxygen atoms in total. The van der Waals surface area contributed by atoms with Crippen LogP contribution in [-0.4, -0.2) is 78.8 Å². The van der Waals surface area contributed by atoms with E-state index >= 15 is 0 Å². The number of fused-ring (bicyclic) bond motifs is 1. The van der Waals surface area contributed by atoms with Crippen molar-refractivity contribution in [3.63, 3.8) is 0 Å². The summed E-state index contributed by atoms with van der Waals surface area (Å²) in [4.78, 5) is 34.2. The van der Waals surface area contributed by atoms with Crippen molar-refractivity contribution in [3.8, 4) is 5.75 Å². The molecule has 4 rings (SSSR count). The predicted molar refractivity (Wildman–Crippen MR) is 140 cm³/mol. The van der Waals surface area contributed by atoms with E-state index in [0.29, 0.717) is 42.5 Å². The van der Waals surface area contributed by atoms with E-state index in [4.69, 9.17) is 14.2 Å². The SMILES string of the molecule is CC(C)OC(=O)C1=CN(C(=O)c2ccc(OCCN3CCOCC3)cc2)CC(C)(C)c2sc(C(F)(F)F)nc21. The molecule has 3 heterocycles. The molecule has 0 atom stereocenters. The number of alkyl halides is 3. The molecule has 1 saturated heterocycles. The number of hydrogen-bond donors (Lipinski definition) is 0. The van der Waals surface area contributed by atoms with Gasteiger partial charge in [0.15, 0.2) is 5.01 Å². The average Bonchev–Trinajstić information content (AvgIpc) is 3.30. The summed E-state index contributed by atoms with van der Waals surface area (Å²) < 4.78 is 57.1. The molecular weight excluding hydrogens is 535 g/mol. The van der Waals surface area contributed by atoms with Gasteiger partial charge in [0, 0.05) is 48.2 Å². The molecular formula is C27H32F3N3O5S. The van der Waals surface area contributed by atoms with Crippen LogP contribution in [0.5, 0.6) is 5.75 Å². The molecule has 2 aliphatic rings. The Hall–Kier alpha value is -2.96. The lowest BCUT2D eigenvalue weighted by Gasteiger charge is -2.28. The highest BCUT2D eigenvalue weighted by atomic mass is 32.1. The summed E-state index contributed by atoms with van der Waals surface area (Å²) in [6.45, 7) is 11.2. The first-order valence-electron chi connectivity index (χ1n) is 12.7. The molecule has 0 aliphatic carbocycles. The van der Waals surface area contributed by atoms with E-state index in [-0.39, 0.29) is 22.7 Å². The number of ether oxygens (including phenoxy) is 3. The Labute approximate surface area is 229 Å². The molecule has 2 aromatic rings. The molecule has 39 heavy (non-hydrogen) atoms. The monoisotopic (exact) mass is 567 g/mol. The summed E-state index contributed by atoms with van der Waals surface area (Å²) in [5.41, 5.74) is -0.881. The smallest absolute Gasteiger partial charge is 0.443 e. The van der Waals surface area contributed by atoms with Crippen LogP contribution in [0.25, 0.3) is 5.57 Å². The Balaban J connectivity index is 1.57. The minimum absolute atomic E-state index is 0.0363. The second-order valence-corrected chi connectivity index (χ2v) is 11.3. The van der Waals surface area contributed by atoms with Crippen LogP contribution in [0.4, 0.5) is 13.2 Å². The molecule has 1 fully saturated rings. The van der Waals surface area contributed by atoms with E-state index in [1.54, 1.807) is 52.0 Å². The minimum atomic E-state index is -4.67. The van der Waals surface area contributed by atoms with E-state index < -0.39 is 34.6 Å². The fourth-order valence-electron chi connectivity index (χ4n) is 4.38. The Bertz CT molecular complexity index is 1220. The number of carbonyl (C=O) groups excluding carboxylic acids is 2. The highest BCUT2D eigenvalue weighted by Gasteiger charge is 2.43. The Morgan fingerprint density at radius 1 is 1.15 bits per heavy atom. The van der Waals surface area contributed by atoms with Gasteiger partial charge in [0.05, 0.1) is 25.0 Å². The highest BCUT2D eigenvalue weighted by molar-refractivity contribution is 7.12. The number of hydrogen-bond acceptors (Lipinski definition) is 8. The zero-order chi connectivity index (χ0) is 28.4. The molecule has 0 N–H and O–H groups in total. The van der Waals surface area contributed by atoms with Crippen molar-refractivity contribution in [2.24, 2.45) is 0 Å². The Morgan fingerprint density at radius 3 is 2.44 bits per heavy atom. The summed E-state index contributed by atoms with van der Waals surface area (Å²) in [6, 6.07) is 6.64. The number of aromatic nitrogens is 1. The fraction of sp³-hybridized carbons (Fsp3) is 0.519. The maximum Gasteiger partial charge on any atom is 0.443 e. The molecule has 0 saturated carbocycles. The maximum atomic E-state index is 13.5. The molecule has 0 radical (unpaired) electrons. The number of rotatable bonds is 7. The van der Waals surface area contributed by atoms with Crippen molar-refractivity contribution in [2.45, 2.75) is 45.4 Å². The van der Waals surface area contributed by atoms with Gasteiger partial charge in [-0.2, -0.15) is 13.2 Å². The van der Waals surface area contributed by atoms with E-state index in [2.05, 4.69) is 9.88 Å². The largest absolute Gasteiger partial charge is 0.492 e. The van der Waals surface area contributed by atoms with Crippen LogP contribution in [0.15, 0.2) is 30.5 Å². The Kier molecular flexibility index (Phi) is 8.67. The third-order valence-corrected chi connectivity index (χ3v) is 7.76. The topological polar surface area (TPSA) is 81.2 Å². The van der Waals surface area contributed by atoms with Crippen molar-refractivity contribution in [1.82, 2.24) is 14.8 Å². The van der Waals surface area contributed by atoms with E-state index in [1.807, 2.05) is 0 Å². The zero-order valence-electron chi connectivity index (χ0n) is 22.3. The second kappa shape index (κ2) is 11.6. The van der Waals surface area contributed by atoms with Crippen molar-refractivity contribution >= 4 is 28.8 Å². The molecule has 1 aromatic carbocycles. The van der Waals surface area contributed by atoms with Gasteiger partial charge >= 0.3 is 12.1 Å². The number of benzene rings is 1. The molecule has 0 spiro atoms. The lowest BCUT2D eigenvalue weighted by Crippen LogP contribution is -2.38. The van der Waals surface area contributed by atoms with Crippen molar-refractivity contribution in [2.75, 3.05) is 46.0 Å². The highest BCUT2D eigenvalue weighted by Crippen LogP contribution is 2.43. The van der Waals surface area contributed by atoms with Crippen LogP contribution in [-0.2, 0) is 25.9 Å². The normalized spacial score (nSPS) is 17.8. The molecule has 2 aliphatic heterocycles. The van der Waals surface area contributed by atoms with Gasteiger partial charge < -0.3 is 19.1 Å². The molecule has 1 aromatic heterocycles. The Morgan fingerprint density at radius 2 is 1.82 bits per heavy atom. The number of esters is 1. The summed E-state index contributed by atoms with van der Waals surface area (Å²) in [6.07, 6.45) is -3.92. The number of nitrogens with zero attached hydrogens (tertiary/aromatic N) is 3. The molecule has 212 valence electrons. The third-order valence-electron chi connectivity index (χ3n) is 6.29. The van der Waals surface area contributed by atoms with Crippen LogP contribution < -0.4 is 4.74 Å². The number of halogens is 3. The van der Waals surface area contributed by atoms with Gasteiger partial charge in [-0.25, -0.2) is 9.78 Å². The van der Waals surface area contributed by atoms with E-state index in [0.717, 1.165) is 19.6 Å². The molecule has 0 unspecified atom stereocenters. The van der Waals surface area contributed by atoms with Gasteiger partial charge in [0.25, 0.3) is 5.91 Å². The fourth-order valence-corrected chi connectivity index (χ4v) is 5.42. The summed E-state index contributed by atoms with van der Waals surface area (Å²) in [7, 11) is 0. The lowest BCUT2D eigenvalue weighted by atomic mass is 9.89. The summed E-state index contributed by atoms with van der Waals surface area (Å²) in [5.74, 6) is -0.646. The third kappa shape index (κ3) is 6.98. The second-order valence-electron chi connectivity index (χ2n) is 10.3. The first-order valence-corrected chi connectivity index (χ1v) is 13.5. The van der Waals surface area contributed by atoms with Crippen LogP contribution in [0, 0.1) is 0 Å². The molecule has 1 amide bonds. The van der Waals surface area contributed by atoms with Crippen molar-refractivity contribution < 1.29 is 37.0 Å². The van der Waals surface area contributed by atoms with Crippen LogP contribution in [0.3, 0.4) is 0 Å². The first kappa shape index (κ1) is 29.0. The maximum absolute atomic E-state index is 13.5. The van der Waals surface area contributed by atoms with Gasteiger partial charge in [-0.1, -0.05) is 13.8 Å². The average molecular weight is 568 g/mol.